The molecule has 1 aliphatic heterocycles. The molecule has 21 heavy (non-hydrogen) atoms. The van der Waals surface area contributed by atoms with Crippen LogP contribution in [0, 0.1) is 0 Å². The molecule has 0 amide bonds. The van der Waals surface area contributed by atoms with E-state index in [-0.39, 0.29) is 5.25 Å². The standard InChI is InChI=1S/C15H31N3O2S/c1-21(19,20)15-6-2-5-14(13-15)18-10-4-9-17(11-12-18)8-3-7-16/h14-15H,2-13,16H2,1H3. The van der Waals surface area contributed by atoms with Crippen molar-refractivity contribution < 1.29 is 8.42 Å². The largest absolute Gasteiger partial charge is 0.330 e. The number of nitrogens with zero attached hydrogens (tertiary/aromatic N) is 2. The molecule has 0 spiro atoms. The lowest BCUT2D eigenvalue weighted by Crippen LogP contribution is -2.43. The Balaban J connectivity index is 1.87. The van der Waals surface area contributed by atoms with Crippen LogP contribution in [0.1, 0.15) is 38.5 Å². The first-order chi connectivity index (χ1) is 10.0. The Kier molecular flexibility index (Phi) is 6.47. The predicted molar refractivity (Wildman–Crippen MR) is 87.2 cm³/mol. The highest BCUT2D eigenvalue weighted by Gasteiger charge is 2.32. The molecule has 0 aromatic rings. The van der Waals surface area contributed by atoms with Gasteiger partial charge in [0.1, 0.15) is 9.84 Å². The van der Waals surface area contributed by atoms with Crippen molar-refractivity contribution in [2.75, 3.05) is 45.5 Å². The summed E-state index contributed by atoms with van der Waals surface area (Å²) in [6, 6.07) is 0.466. The molecule has 5 nitrogen and oxygen atoms in total. The minimum atomic E-state index is -2.88. The molecule has 0 bridgehead atoms. The zero-order valence-electron chi connectivity index (χ0n) is 13.3. The molecule has 0 aromatic carbocycles. The molecule has 2 N–H and O–H groups in total. The van der Waals surface area contributed by atoms with Gasteiger partial charge in [0.15, 0.2) is 0 Å². The lowest BCUT2D eigenvalue weighted by molar-refractivity contribution is 0.160. The molecular formula is C15H31N3O2S. The van der Waals surface area contributed by atoms with Gasteiger partial charge in [-0.1, -0.05) is 6.42 Å². The highest BCUT2D eigenvalue weighted by molar-refractivity contribution is 7.91. The van der Waals surface area contributed by atoms with E-state index in [0.717, 1.165) is 71.4 Å². The topological polar surface area (TPSA) is 66.6 Å². The highest BCUT2D eigenvalue weighted by atomic mass is 32.2. The first-order valence-corrected chi connectivity index (χ1v) is 10.3. The quantitative estimate of drug-likeness (QED) is 0.808. The molecule has 124 valence electrons. The smallest absolute Gasteiger partial charge is 0.150 e. The monoisotopic (exact) mass is 317 g/mol. The number of hydrogen-bond donors (Lipinski definition) is 1. The van der Waals surface area contributed by atoms with Crippen molar-refractivity contribution in [1.29, 1.82) is 0 Å². The van der Waals surface area contributed by atoms with Crippen LogP contribution in [0.5, 0.6) is 0 Å². The molecule has 2 aliphatic rings. The van der Waals surface area contributed by atoms with Gasteiger partial charge in [-0.05, 0) is 58.3 Å². The van der Waals surface area contributed by atoms with E-state index in [9.17, 15) is 8.42 Å². The van der Waals surface area contributed by atoms with Crippen molar-refractivity contribution in [3.63, 3.8) is 0 Å². The Hall–Kier alpha value is -0.170. The third-order valence-corrected chi connectivity index (χ3v) is 6.66. The van der Waals surface area contributed by atoms with Crippen molar-refractivity contribution in [3.8, 4) is 0 Å². The highest BCUT2D eigenvalue weighted by Crippen LogP contribution is 2.28. The molecule has 1 saturated heterocycles. The van der Waals surface area contributed by atoms with Gasteiger partial charge in [-0.15, -0.1) is 0 Å². The maximum absolute atomic E-state index is 11.8. The minimum absolute atomic E-state index is 0.118. The van der Waals surface area contributed by atoms with Gasteiger partial charge in [-0.3, -0.25) is 4.90 Å². The van der Waals surface area contributed by atoms with E-state index in [0.29, 0.717) is 6.04 Å². The molecular weight excluding hydrogens is 286 g/mol. The maximum atomic E-state index is 11.8. The molecule has 1 heterocycles. The van der Waals surface area contributed by atoms with Crippen molar-refractivity contribution in [3.05, 3.63) is 0 Å². The summed E-state index contributed by atoms with van der Waals surface area (Å²) in [5, 5.41) is -0.118. The third kappa shape index (κ3) is 5.20. The van der Waals surface area contributed by atoms with E-state index in [1.807, 2.05) is 0 Å². The van der Waals surface area contributed by atoms with Gasteiger partial charge in [0.25, 0.3) is 0 Å². The van der Waals surface area contributed by atoms with E-state index in [1.165, 1.54) is 12.7 Å². The number of rotatable bonds is 5. The fraction of sp³-hybridized carbons (Fsp3) is 1.00. The normalized spacial score (nSPS) is 30.2. The van der Waals surface area contributed by atoms with Crippen LogP contribution in [0.3, 0.4) is 0 Å². The summed E-state index contributed by atoms with van der Waals surface area (Å²) >= 11 is 0. The average Bonchev–Trinajstić information content (AvgIpc) is 2.70. The van der Waals surface area contributed by atoms with Crippen LogP contribution in [0.15, 0.2) is 0 Å². The Morgan fingerprint density at radius 3 is 2.62 bits per heavy atom. The first-order valence-electron chi connectivity index (χ1n) is 8.36. The van der Waals surface area contributed by atoms with Gasteiger partial charge < -0.3 is 10.6 Å². The predicted octanol–water partition coefficient (Wildman–Crippen LogP) is 0.699. The van der Waals surface area contributed by atoms with Crippen molar-refractivity contribution in [1.82, 2.24) is 9.80 Å². The van der Waals surface area contributed by atoms with Crippen molar-refractivity contribution >= 4 is 9.84 Å². The molecule has 1 saturated carbocycles. The maximum Gasteiger partial charge on any atom is 0.150 e. The summed E-state index contributed by atoms with van der Waals surface area (Å²) in [4.78, 5) is 5.05. The van der Waals surface area contributed by atoms with E-state index in [1.54, 1.807) is 0 Å². The van der Waals surface area contributed by atoms with Crippen LogP contribution in [-0.4, -0.2) is 75.0 Å². The van der Waals surface area contributed by atoms with E-state index in [2.05, 4.69) is 9.80 Å². The Labute approximate surface area is 129 Å². The number of hydrogen-bond acceptors (Lipinski definition) is 5. The van der Waals surface area contributed by atoms with Crippen LogP contribution in [-0.2, 0) is 9.84 Å². The second-order valence-corrected chi connectivity index (χ2v) is 8.97. The van der Waals surface area contributed by atoms with Crippen molar-refractivity contribution in [2.45, 2.75) is 49.8 Å². The van der Waals surface area contributed by atoms with Crippen LogP contribution in [0.4, 0.5) is 0 Å². The van der Waals surface area contributed by atoms with Gasteiger partial charge in [-0.2, -0.15) is 0 Å². The zero-order chi connectivity index (χ0) is 15.3. The Morgan fingerprint density at radius 2 is 1.90 bits per heavy atom. The number of nitrogens with two attached hydrogens (primary N) is 1. The lowest BCUT2D eigenvalue weighted by atomic mass is 9.93. The van der Waals surface area contributed by atoms with Crippen LogP contribution < -0.4 is 5.73 Å². The van der Waals surface area contributed by atoms with Gasteiger partial charge in [0, 0.05) is 25.4 Å². The van der Waals surface area contributed by atoms with Gasteiger partial charge in [0.2, 0.25) is 0 Å². The summed E-state index contributed by atoms with van der Waals surface area (Å²) in [6.45, 7) is 6.30. The summed E-state index contributed by atoms with van der Waals surface area (Å²) in [6.07, 6.45) is 7.55. The average molecular weight is 317 g/mol. The molecule has 1 aliphatic carbocycles. The van der Waals surface area contributed by atoms with E-state index < -0.39 is 9.84 Å². The van der Waals surface area contributed by atoms with Gasteiger partial charge in [-0.25, -0.2) is 8.42 Å². The SMILES string of the molecule is CS(=O)(=O)C1CCCC(N2CCCN(CCCN)CC2)C1. The first kappa shape index (κ1) is 17.2. The number of sulfone groups is 1. The lowest BCUT2D eigenvalue weighted by Gasteiger charge is -2.36. The minimum Gasteiger partial charge on any atom is -0.330 e. The third-order valence-electron chi connectivity index (χ3n) is 5.02. The van der Waals surface area contributed by atoms with Crippen LogP contribution in [0.25, 0.3) is 0 Å². The summed E-state index contributed by atoms with van der Waals surface area (Å²) in [7, 11) is -2.88. The molecule has 0 radical (unpaired) electrons. The molecule has 2 rings (SSSR count). The summed E-state index contributed by atoms with van der Waals surface area (Å²) < 4.78 is 23.6. The summed E-state index contributed by atoms with van der Waals surface area (Å²) in [5.41, 5.74) is 5.59. The van der Waals surface area contributed by atoms with Crippen LogP contribution >= 0.6 is 0 Å². The second kappa shape index (κ2) is 7.90. The second-order valence-electron chi connectivity index (χ2n) is 6.65. The van der Waals surface area contributed by atoms with Crippen molar-refractivity contribution in [2.24, 2.45) is 5.73 Å². The molecule has 0 aromatic heterocycles. The summed E-state index contributed by atoms with van der Waals surface area (Å²) in [5.74, 6) is 0. The molecule has 6 heteroatoms. The Morgan fingerprint density at radius 1 is 1.10 bits per heavy atom. The zero-order valence-corrected chi connectivity index (χ0v) is 14.2. The fourth-order valence-corrected chi connectivity index (χ4v) is 4.90. The van der Waals surface area contributed by atoms with E-state index in [4.69, 9.17) is 5.73 Å². The molecule has 2 atom stereocenters. The fourth-order valence-electron chi connectivity index (χ4n) is 3.74. The van der Waals surface area contributed by atoms with Gasteiger partial charge >= 0.3 is 0 Å². The Bertz CT molecular complexity index is 413. The molecule has 2 fully saturated rings. The van der Waals surface area contributed by atoms with E-state index >= 15 is 0 Å². The van der Waals surface area contributed by atoms with Gasteiger partial charge in [0.05, 0.1) is 5.25 Å². The molecule has 2 unspecified atom stereocenters. The van der Waals surface area contributed by atoms with Crippen LogP contribution in [0.2, 0.25) is 0 Å².